The first-order valence-corrected chi connectivity index (χ1v) is 2.85. The predicted octanol–water partition coefficient (Wildman–Crippen LogP) is 0.0320. The molecule has 0 spiro atoms. The van der Waals surface area contributed by atoms with Crippen LogP contribution in [0.4, 0.5) is 0 Å². The van der Waals surface area contributed by atoms with E-state index in [4.69, 9.17) is 0 Å². The van der Waals surface area contributed by atoms with Crippen LogP contribution in [0.25, 0.3) is 0 Å². The molecule has 1 heterocycles. The summed E-state index contributed by atoms with van der Waals surface area (Å²) in [6.07, 6.45) is 0. The van der Waals surface area contributed by atoms with Gasteiger partial charge in [-0.2, -0.15) is 0 Å². The molecule has 4 nitrogen and oxygen atoms in total. The fourth-order valence-electron chi connectivity index (χ4n) is 0.628. The highest BCUT2D eigenvalue weighted by atomic mass is 16.6. The van der Waals surface area contributed by atoms with E-state index in [-0.39, 0.29) is 5.88 Å². The molecule has 0 aliphatic rings. The van der Waals surface area contributed by atoms with E-state index in [0.717, 1.165) is 0 Å². The highest BCUT2D eigenvalue weighted by Crippen LogP contribution is 1.99. The van der Waals surface area contributed by atoms with Gasteiger partial charge >= 0.3 is 5.88 Å². The van der Waals surface area contributed by atoms with Gasteiger partial charge in [-0.25, -0.2) is 0 Å². The predicted molar refractivity (Wildman–Crippen MR) is 34.5 cm³/mol. The maximum absolute atomic E-state index is 10.8. The standard InChI is InChI=1S/C6H8N2O2/c1-5-3-4-6(10-2)8(9)7-5/h3-4H,1-2H3. The van der Waals surface area contributed by atoms with Crippen molar-refractivity contribution in [2.45, 2.75) is 6.92 Å². The zero-order valence-electron chi connectivity index (χ0n) is 5.87. The SMILES string of the molecule is COc1ccc(C)n[n+]1[O-]. The number of hydrogen-bond acceptors (Lipinski definition) is 3. The van der Waals surface area contributed by atoms with Crippen molar-refractivity contribution >= 4 is 0 Å². The molecular formula is C6H8N2O2. The molecular weight excluding hydrogens is 132 g/mol. The molecule has 1 aromatic rings. The molecule has 54 valence electrons. The van der Waals surface area contributed by atoms with Crippen molar-refractivity contribution < 1.29 is 9.58 Å². The summed E-state index contributed by atoms with van der Waals surface area (Å²) in [5.41, 5.74) is 0.677. The first-order chi connectivity index (χ1) is 4.74. The van der Waals surface area contributed by atoms with Crippen LogP contribution in [-0.2, 0) is 0 Å². The lowest BCUT2D eigenvalue weighted by Gasteiger charge is -1.98. The van der Waals surface area contributed by atoms with E-state index in [2.05, 4.69) is 9.84 Å². The Kier molecular flexibility index (Phi) is 1.71. The van der Waals surface area contributed by atoms with Gasteiger partial charge in [0.25, 0.3) is 0 Å². The second kappa shape index (κ2) is 2.51. The number of rotatable bonds is 1. The van der Waals surface area contributed by atoms with E-state index in [9.17, 15) is 5.21 Å². The molecule has 0 aromatic carbocycles. The largest absolute Gasteiger partial charge is 0.591 e. The highest BCUT2D eigenvalue weighted by molar-refractivity contribution is 5.05. The molecule has 0 atom stereocenters. The zero-order chi connectivity index (χ0) is 7.56. The monoisotopic (exact) mass is 140 g/mol. The van der Waals surface area contributed by atoms with Crippen LogP contribution < -0.4 is 9.58 Å². The molecule has 0 bridgehead atoms. The lowest BCUT2D eigenvalue weighted by molar-refractivity contribution is -0.675. The van der Waals surface area contributed by atoms with Gasteiger partial charge in [-0.1, -0.05) is 0 Å². The Morgan fingerprint density at radius 3 is 2.80 bits per heavy atom. The summed E-state index contributed by atoms with van der Waals surface area (Å²) >= 11 is 0. The van der Waals surface area contributed by atoms with Gasteiger partial charge in [0.15, 0.2) is 0 Å². The van der Waals surface area contributed by atoms with Gasteiger partial charge in [-0.05, 0) is 17.8 Å². The molecule has 0 N–H and O–H groups in total. The molecule has 1 aromatic heterocycles. The summed E-state index contributed by atoms with van der Waals surface area (Å²) in [4.78, 5) is 0.454. The van der Waals surface area contributed by atoms with Crippen molar-refractivity contribution in [2.75, 3.05) is 7.11 Å². The summed E-state index contributed by atoms with van der Waals surface area (Å²) in [5.74, 6) is 0.214. The molecule has 0 amide bonds. The van der Waals surface area contributed by atoms with Gasteiger partial charge < -0.3 is 9.94 Å². The third-order valence-electron chi connectivity index (χ3n) is 1.11. The number of nitrogens with zero attached hydrogens (tertiary/aromatic N) is 2. The van der Waals surface area contributed by atoms with Gasteiger partial charge in [0.2, 0.25) is 0 Å². The number of aromatic nitrogens is 2. The lowest BCUT2D eigenvalue weighted by atomic mass is 10.4. The number of hydrogen-bond donors (Lipinski definition) is 0. The van der Waals surface area contributed by atoms with Gasteiger partial charge in [-0.15, -0.1) is 0 Å². The van der Waals surface area contributed by atoms with Crippen LogP contribution in [-0.4, -0.2) is 12.2 Å². The molecule has 0 unspecified atom stereocenters. The molecule has 0 fully saturated rings. The van der Waals surface area contributed by atoms with E-state index in [1.54, 1.807) is 19.1 Å². The Hall–Kier alpha value is -1.32. The van der Waals surface area contributed by atoms with Gasteiger partial charge in [0.1, 0.15) is 5.69 Å². The van der Waals surface area contributed by atoms with Crippen molar-refractivity contribution in [3.8, 4) is 5.88 Å². The third-order valence-corrected chi connectivity index (χ3v) is 1.11. The van der Waals surface area contributed by atoms with Crippen molar-refractivity contribution in [2.24, 2.45) is 0 Å². The van der Waals surface area contributed by atoms with Crippen LogP contribution in [0.1, 0.15) is 5.69 Å². The summed E-state index contributed by atoms with van der Waals surface area (Å²) in [6, 6.07) is 3.29. The summed E-state index contributed by atoms with van der Waals surface area (Å²) in [6.45, 7) is 1.74. The normalized spacial score (nSPS) is 9.40. The molecule has 1 rings (SSSR count). The fraction of sp³-hybridized carbons (Fsp3) is 0.333. The number of methoxy groups -OCH3 is 1. The molecule has 0 aliphatic heterocycles. The van der Waals surface area contributed by atoms with Gasteiger partial charge in [0.05, 0.1) is 13.2 Å². The van der Waals surface area contributed by atoms with E-state index >= 15 is 0 Å². The van der Waals surface area contributed by atoms with Crippen LogP contribution in [0.15, 0.2) is 12.1 Å². The first-order valence-electron chi connectivity index (χ1n) is 2.85. The number of aryl methyl sites for hydroxylation is 1. The molecule has 10 heavy (non-hydrogen) atoms. The van der Waals surface area contributed by atoms with Crippen LogP contribution >= 0.6 is 0 Å². The fourth-order valence-corrected chi connectivity index (χ4v) is 0.628. The van der Waals surface area contributed by atoms with E-state index < -0.39 is 0 Å². The van der Waals surface area contributed by atoms with Crippen molar-refractivity contribution in [3.63, 3.8) is 0 Å². The molecule has 0 aliphatic carbocycles. The summed E-state index contributed by atoms with van der Waals surface area (Å²) in [5, 5.41) is 14.3. The van der Waals surface area contributed by atoms with E-state index in [0.29, 0.717) is 10.5 Å². The summed E-state index contributed by atoms with van der Waals surface area (Å²) < 4.78 is 4.69. The Morgan fingerprint density at radius 2 is 2.30 bits per heavy atom. The van der Waals surface area contributed by atoms with Gasteiger partial charge in [0, 0.05) is 5.10 Å². The highest BCUT2D eigenvalue weighted by Gasteiger charge is 2.03. The van der Waals surface area contributed by atoms with Crippen LogP contribution in [0, 0.1) is 12.1 Å². The first kappa shape index (κ1) is 6.80. The summed E-state index contributed by atoms with van der Waals surface area (Å²) in [7, 11) is 1.43. The van der Waals surface area contributed by atoms with Crippen molar-refractivity contribution in [1.29, 1.82) is 0 Å². The minimum Gasteiger partial charge on any atom is -0.591 e. The van der Waals surface area contributed by atoms with E-state index in [1.165, 1.54) is 7.11 Å². The Balaban J connectivity index is 3.07. The average Bonchev–Trinajstić information content (AvgIpc) is 1.88. The number of ether oxygens (including phenoxy) is 1. The second-order valence-corrected chi connectivity index (χ2v) is 1.89. The quantitative estimate of drug-likeness (QED) is 0.408. The molecule has 0 radical (unpaired) electrons. The van der Waals surface area contributed by atoms with Crippen LogP contribution in [0.2, 0.25) is 0 Å². The Morgan fingerprint density at radius 1 is 1.60 bits per heavy atom. The van der Waals surface area contributed by atoms with Crippen LogP contribution in [0.3, 0.4) is 0 Å². The maximum Gasteiger partial charge on any atom is 0.405 e. The maximum atomic E-state index is 10.8. The topological polar surface area (TPSA) is 49.1 Å². The van der Waals surface area contributed by atoms with Crippen LogP contribution in [0.5, 0.6) is 5.88 Å². The second-order valence-electron chi connectivity index (χ2n) is 1.89. The smallest absolute Gasteiger partial charge is 0.405 e. The molecule has 0 saturated carbocycles. The molecule has 4 heteroatoms. The third kappa shape index (κ3) is 1.15. The minimum absolute atomic E-state index is 0.214. The van der Waals surface area contributed by atoms with E-state index in [1.807, 2.05) is 0 Å². The van der Waals surface area contributed by atoms with Gasteiger partial charge in [-0.3, -0.25) is 0 Å². The minimum atomic E-state index is 0.214. The molecule has 0 saturated heterocycles. The van der Waals surface area contributed by atoms with Crippen molar-refractivity contribution in [1.82, 2.24) is 5.10 Å². The van der Waals surface area contributed by atoms with Crippen molar-refractivity contribution in [3.05, 3.63) is 23.0 Å². The Labute approximate surface area is 58.6 Å². The average molecular weight is 140 g/mol. The zero-order valence-corrected chi connectivity index (χ0v) is 5.87. The lowest BCUT2D eigenvalue weighted by Crippen LogP contribution is -2.33. The Bertz CT molecular complexity index is 237.